The predicted molar refractivity (Wildman–Crippen MR) is 59.3 cm³/mol. The fourth-order valence-electron chi connectivity index (χ4n) is 3.21. The summed E-state index contributed by atoms with van der Waals surface area (Å²) in [4.78, 5) is 0. The van der Waals surface area contributed by atoms with Gasteiger partial charge in [0.25, 0.3) is 0 Å². The van der Waals surface area contributed by atoms with Crippen molar-refractivity contribution in [2.24, 2.45) is 11.8 Å². The highest BCUT2D eigenvalue weighted by atomic mass is 16.5. The van der Waals surface area contributed by atoms with Crippen molar-refractivity contribution < 1.29 is 4.74 Å². The maximum atomic E-state index is 6.09. The number of hydrogen-bond acceptors (Lipinski definition) is 1. The van der Waals surface area contributed by atoms with Crippen molar-refractivity contribution in [2.45, 2.75) is 64.4 Å². The molecule has 0 aromatic carbocycles. The smallest absolute Gasteiger partial charge is 0.0685 e. The molecule has 1 saturated heterocycles. The lowest BCUT2D eigenvalue weighted by Crippen LogP contribution is -2.41. The second kappa shape index (κ2) is 4.22. The van der Waals surface area contributed by atoms with E-state index in [1.165, 1.54) is 44.9 Å². The van der Waals surface area contributed by atoms with Crippen molar-refractivity contribution in [1.82, 2.24) is 0 Å². The molecule has 2 fully saturated rings. The molecule has 1 saturated carbocycles. The summed E-state index contributed by atoms with van der Waals surface area (Å²) in [5, 5.41) is 0. The molecule has 1 aliphatic heterocycles. The molecule has 2 unspecified atom stereocenters. The van der Waals surface area contributed by atoms with Crippen LogP contribution in [0.3, 0.4) is 0 Å². The molecule has 2 atom stereocenters. The van der Waals surface area contributed by atoms with Crippen LogP contribution in [0.15, 0.2) is 0 Å². The van der Waals surface area contributed by atoms with Gasteiger partial charge in [-0.05, 0) is 50.4 Å². The highest BCUT2D eigenvalue weighted by Gasteiger charge is 2.38. The zero-order valence-corrected chi connectivity index (χ0v) is 9.72. The van der Waals surface area contributed by atoms with E-state index < -0.39 is 0 Å². The standard InChI is InChI=1S/C13H24O/c1-11(2)12-6-5-8-13(10-12)7-3-4-9-14-13/h11-12H,3-10H2,1-2H3. The van der Waals surface area contributed by atoms with E-state index in [2.05, 4.69) is 13.8 Å². The lowest BCUT2D eigenvalue weighted by Gasteiger charge is -2.44. The van der Waals surface area contributed by atoms with Crippen molar-refractivity contribution in [1.29, 1.82) is 0 Å². The second-order valence-corrected chi connectivity index (χ2v) is 5.59. The monoisotopic (exact) mass is 196 g/mol. The van der Waals surface area contributed by atoms with E-state index in [9.17, 15) is 0 Å². The molecule has 1 heteroatoms. The molecule has 1 aliphatic carbocycles. The van der Waals surface area contributed by atoms with Crippen LogP contribution in [0.4, 0.5) is 0 Å². The summed E-state index contributed by atoms with van der Waals surface area (Å²) in [5.74, 6) is 1.76. The van der Waals surface area contributed by atoms with Gasteiger partial charge >= 0.3 is 0 Å². The van der Waals surface area contributed by atoms with Gasteiger partial charge in [0, 0.05) is 6.61 Å². The van der Waals surface area contributed by atoms with E-state index in [1.54, 1.807) is 0 Å². The van der Waals surface area contributed by atoms with Gasteiger partial charge in [0.15, 0.2) is 0 Å². The average molecular weight is 196 g/mol. The molecule has 14 heavy (non-hydrogen) atoms. The van der Waals surface area contributed by atoms with Crippen LogP contribution in [0.1, 0.15) is 58.8 Å². The molecule has 1 nitrogen and oxygen atoms in total. The molecule has 0 bridgehead atoms. The first-order valence-corrected chi connectivity index (χ1v) is 6.36. The normalized spacial score (nSPS) is 39.2. The molecule has 2 rings (SSSR count). The van der Waals surface area contributed by atoms with Crippen molar-refractivity contribution in [2.75, 3.05) is 6.61 Å². The van der Waals surface area contributed by atoms with Crippen LogP contribution >= 0.6 is 0 Å². The summed E-state index contributed by atoms with van der Waals surface area (Å²) in [6, 6.07) is 0. The fraction of sp³-hybridized carbons (Fsp3) is 1.00. The Hall–Kier alpha value is -0.0400. The summed E-state index contributed by atoms with van der Waals surface area (Å²) >= 11 is 0. The molecule has 1 heterocycles. The van der Waals surface area contributed by atoms with Crippen LogP contribution in [-0.4, -0.2) is 12.2 Å². The Morgan fingerprint density at radius 3 is 2.57 bits per heavy atom. The quantitative estimate of drug-likeness (QED) is 0.620. The molecular formula is C13H24O. The molecule has 0 aromatic rings. The summed E-state index contributed by atoms with van der Waals surface area (Å²) in [5.41, 5.74) is 0.311. The van der Waals surface area contributed by atoms with E-state index in [0.717, 1.165) is 18.4 Å². The highest BCUT2D eigenvalue weighted by Crippen LogP contribution is 2.43. The SMILES string of the molecule is CC(C)C1CCCC2(CCCCO2)C1. The van der Waals surface area contributed by atoms with Crippen molar-refractivity contribution in [3.8, 4) is 0 Å². The van der Waals surface area contributed by atoms with Gasteiger partial charge in [-0.2, -0.15) is 0 Å². The Kier molecular flexibility index (Phi) is 3.16. The number of ether oxygens (including phenoxy) is 1. The topological polar surface area (TPSA) is 9.23 Å². The third-order valence-electron chi connectivity index (χ3n) is 4.22. The van der Waals surface area contributed by atoms with E-state index in [-0.39, 0.29) is 0 Å². The van der Waals surface area contributed by atoms with Gasteiger partial charge in [-0.25, -0.2) is 0 Å². The van der Waals surface area contributed by atoms with Gasteiger partial charge in [0.2, 0.25) is 0 Å². The first-order chi connectivity index (χ1) is 6.72. The molecule has 1 spiro atoms. The van der Waals surface area contributed by atoms with Crippen LogP contribution in [0, 0.1) is 11.8 Å². The molecule has 0 aromatic heterocycles. The Labute approximate surface area is 88.2 Å². The van der Waals surface area contributed by atoms with E-state index in [1.807, 2.05) is 0 Å². The maximum absolute atomic E-state index is 6.09. The number of hydrogen-bond donors (Lipinski definition) is 0. The van der Waals surface area contributed by atoms with Gasteiger partial charge in [-0.1, -0.05) is 20.3 Å². The minimum Gasteiger partial charge on any atom is -0.375 e. The highest BCUT2D eigenvalue weighted by molar-refractivity contribution is 4.90. The lowest BCUT2D eigenvalue weighted by atomic mass is 9.71. The van der Waals surface area contributed by atoms with Gasteiger partial charge in [-0.3, -0.25) is 0 Å². The van der Waals surface area contributed by atoms with Gasteiger partial charge in [-0.15, -0.1) is 0 Å². The predicted octanol–water partition coefficient (Wildman–Crippen LogP) is 3.77. The van der Waals surface area contributed by atoms with E-state index in [4.69, 9.17) is 4.74 Å². The first kappa shape index (κ1) is 10.5. The van der Waals surface area contributed by atoms with E-state index >= 15 is 0 Å². The van der Waals surface area contributed by atoms with Crippen molar-refractivity contribution in [3.05, 3.63) is 0 Å². The summed E-state index contributed by atoms with van der Waals surface area (Å²) in [7, 11) is 0. The van der Waals surface area contributed by atoms with Gasteiger partial charge in [0.1, 0.15) is 0 Å². The lowest BCUT2D eigenvalue weighted by molar-refractivity contribution is -0.115. The van der Waals surface area contributed by atoms with Crippen LogP contribution in [-0.2, 0) is 4.74 Å². The molecule has 0 radical (unpaired) electrons. The van der Waals surface area contributed by atoms with Gasteiger partial charge < -0.3 is 4.74 Å². The van der Waals surface area contributed by atoms with Crippen LogP contribution in [0.25, 0.3) is 0 Å². The molecule has 0 amide bonds. The van der Waals surface area contributed by atoms with Gasteiger partial charge in [0.05, 0.1) is 5.60 Å². The minimum absolute atomic E-state index is 0.311. The largest absolute Gasteiger partial charge is 0.375 e. The zero-order chi connectivity index (χ0) is 10.0. The fourth-order valence-corrected chi connectivity index (χ4v) is 3.21. The van der Waals surface area contributed by atoms with E-state index in [0.29, 0.717) is 5.60 Å². The Morgan fingerprint density at radius 1 is 1.14 bits per heavy atom. The third kappa shape index (κ3) is 2.13. The minimum atomic E-state index is 0.311. The molecule has 0 N–H and O–H groups in total. The Balaban J connectivity index is 1.97. The van der Waals surface area contributed by atoms with Crippen LogP contribution in [0.5, 0.6) is 0 Å². The summed E-state index contributed by atoms with van der Waals surface area (Å²) in [6.07, 6.45) is 9.50. The summed E-state index contributed by atoms with van der Waals surface area (Å²) in [6.45, 7) is 5.75. The molecular weight excluding hydrogens is 172 g/mol. The average Bonchev–Trinajstić information content (AvgIpc) is 2.19. The second-order valence-electron chi connectivity index (χ2n) is 5.59. The Morgan fingerprint density at radius 2 is 1.93 bits per heavy atom. The zero-order valence-electron chi connectivity index (χ0n) is 9.72. The Bertz CT molecular complexity index is 174. The van der Waals surface area contributed by atoms with Crippen molar-refractivity contribution >= 4 is 0 Å². The maximum Gasteiger partial charge on any atom is 0.0685 e. The third-order valence-corrected chi connectivity index (χ3v) is 4.22. The van der Waals surface area contributed by atoms with Crippen LogP contribution in [0.2, 0.25) is 0 Å². The summed E-state index contributed by atoms with van der Waals surface area (Å²) < 4.78 is 6.09. The number of rotatable bonds is 1. The first-order valence-electron chi connectivity index (χ1n) is 6.36. The molecule has 2 aliphatic rings. The van der Waals surface area contributed by atoms with Crippen LogP contribution < -0.4 is 0 Å². The van der Waals surface area contributed by atoms with Crippen molar-refractivity contribution in [3.63, 3.8) is 0 Å². The molecule has 82 valence electrons.